The van der Waals surface area contributed by atoms with E-state index in [2.05, 4.69) is 46.0 Å². The first-order chi connectivity index (χ1) is 15.1. The fraction of sp³-hybridized carbons (Fsp3) is 0.897. The third-order valence-corrected chi connectivity index (χ3v) is 10.7. The molecule has 3 nitrogen and oxygen atoms in total. The summed E-state index contributed by atoms with van der Waals surface area (Å²) >= 11 is 0. The summed E-state index contributed by atoms with van der Waals surface area (Å²) in [4.78, 5) is 12.2. The third-order valence-electron chi connectivity index (χ3n) is 10.7. The van der Waals surface area contributed by atoms with Gasteiger partial charge in [-0.1, -0.05) is 65.5 Å². The van der Waals surface area contributed by atoms with E-state index in [9.17, 15) is 9.90 Å². The first kappa shape index (κ1) is 24.3. The average Bonchev–Trinajstić information content (AvgIpc) is 3.05. The molecule has 9 atom stereocenters. The monoisotopic (exact) mass is 443 g/mol. The maximum atomic E-state index is 12.2. The fourth-order valence-electron chi connectivity index (χ4n) is 9.06. The van der Waals surface area contributed by atoms with Crippen molar-refractivity contribution < 1.29 is 9.90 Å². The Bertz CT molecular complexity index is 729. The van der Waals surface area contributed by atoms with Crippen molar-refractivity contribution in [3.63, 3.8) is 0 Å². The SMILES string of the molecule is CC(=O)N[C@@H]1C=C2C[C@@H](O)CC[C@]2(C)[C@H]2CC[C@]3(C)[C@@H]([C@H](C)CCCC(C)C)CC[C@H]3[C@H]12. The largest absolute Gasteiger partial charge is 0.393 e. The van der Waals surface area contributed by atoms with Crippen LogP contribution in [0.3, 0.4) is 0 Å². The highest BCUT2D eigenvalue weighted by Gasteiger charge is 2.61. The summed E-state index contributed by atoms with van der Waals surface area (Å²) in [5.41, 5.74) is 2.04. The summed E-state index contributed by atoms with van der Waals surface area (Å²) in [6.07, 6.45) is 14.4. The molecule has 1 amide bonds. The van der Waals surface area contributed by atoms with Crippen molar-refractivity contribution in [2.75, 3.05) is 0 Å². The Morgan fingerprint density at radius 1 is 1.09 bits per heavy atom. The molecule has 3 heteroatoms. The fourth-order valence-corrected chi connectivity index (χ4v) is 9.06. The number of fused-ring (bicyclic) bond motifs is 5. The summed E-state index contributed by atoms with van der Waals surface area (Å²) in [6, 6.07) is 0.144. The van der Waals surface area contributed by atoms with Crippen molar-refractivity contribution in [2.24, 2.45) is 46.3 Å². The van der Waals surface area contributed by atoms with Gasteiger partial charge in [0.15, 0.2) is 0 Å². The zero-order valence-electron chi connectivity index (χ0n) is 21.6. The zero-order valence-corrected chi connectivity index (χ0v) is 21.6. The summed E-state index contributed by atoms with van der Waals surface area (Å²) in [7, 11) is 0. The van der Waals surface area contributed by atoms with E-state index in [0.717, 1.165) is 37.0 Å². The highest BCUT2D eigenvalue weighted by atomic mass is 16.3. The lowest BCUT2D eigenvalue weighted by Gasteiger charge is -2.60. The summed E-state index contributed by atoms with van der Waals surface area (Å²) in [5.74, 6) is 4.42. The molecule has 182 valence electrons. The predicted molar refractivity (Wildman–Crippen MR) is 132 cm³/mol. The number of carbonyl (C=O) groups is 1. The van der Waals surface area contributed by atoms with Crippen LogP contribution in [0.2, 0.25) is 0 Å². The summed E-state index contributed by atoms with van der Waals surface area (Å²) < 4.78 is 0. The number of hydrogen-bond donors (Lipinski definition) is 2. The molecule has 0 aliphatic heterocycles. The van der Waals surface area contributed by atoms with Gasteiger partial charge >= 0.3 is 0 Å². The van der Waals surface area contributed by atoms with Crippen molar-refractivity contribution in [2.45, 2.75) is 118 Å². The molecular weight excluding hydrogens is 394 g/mol. The highest BCUT2D eigenvalue weighted by molar-refractivity contribution is 5.73. The maximum Gasteiger partial charge on any atom is 0.217 e. The molecule has 4 aliphatic rings. The molecule has 0 aromatic carbocycles. The Balaban J connectivity index is 1.60. The lowest BCUT2D eigenvalue weighted by Crippen LogP contribution is -2.58. The molecular formula is C29H49NO2. The van der Waals surface area contributed by atoms with Gasteiger partial charge in [0.05, 0.1) is 12.1 Å². The Labute approximate surface area is 197 Å². The first-order valence-electron chi connectivity index (χ1n) is 13.7. The molecule has 3 fully saturated rings. The molecule has 4 aliphatic carbocycles. The quantitative estimate of drug-likeness (QED) is 0.460. The van der Waals surface area contributed by atoms with Crippen LogP contribution in [0.25, 0.3) is 0 Å². The molecule has 0 saturated heterocycles. The molecule has 0 heterocycles. The van der Waals surface area contributed by atoms with E-state index in [-0.39, 0.29) is 23.5 Å². The van der Waals surface area contributed by atoms with Crippen molar-refractivity contribution >= 4 is 5.91 Å². The van der Waals surface area contributed by atoms with Gasteiger partial charge in [0.1, 0.15) is 0 Å². The van der Waals surface area contributed by atoms with Crippen LogP contribution >= 0.6 is 0 Å². The molecule has 0 unspecified atom stereocenters. The van der Waals surface area contributed by atoms with E-state index in [4.69, 9.17) is 0 Å². The lowest BCUT2D eigenvalue weighted by atomic mass is 9.46. The van der Waals surface area contributed by atoms with Gasteiger partial charge in [-0.15, -0.1) is 0 Å². The second-order valence-corrected chi connectivity index (χ2v) is 13.1. The Morgan fingerprint density at radius 3 is 2.53 bits per heavy atom. The van der Waals surface area contributed by atoms with E-state index in [0.29, 0.717) is 23.2 Å². The van der Waals surface area contributed by atoms with Crippen LogP contribution in [-0.2, 0) is 4.79 Å². The van der Waals surface area contributed by atoms with Crippen molar-refractivity contribution in [1.82, 2.24) is 5.32 Å². The minimum absolute atomic E-state index is 0.0921. The Morgan fingerprint density at radius 2 is 1.84 bits per heavy atom. The van der Waals surface area contributed by atoms with Crippen LogP contribution in [-0.4, -0.2) is 23.2 Å². The van der Waals surface area contributed by atoms with Crippen molar-refractivity contribution in [1.29, 1.82) is 0 Å². The molecule has 0 aromatic rings. The van der Waals surface area contributed by atoms with Crippen LogP contribution in [0.15, 0.2) is 11.6 Å². The molecule has 32 heavy (non-hydrogen) atoms. The number of aliphatic hydroxyl groups excluding tert-OH is 1. The van der Waals surface area contributed by atoms with Crippen LogP contribution in [0.5, 0.6) is 0 Å². The summed E-state index contributed by atoms with van der Waals surface area (Å²) in [6.45, 7) is 14.0. The molecule has 0 bridgehead atoms. The molecule has 2 N–H and O–H groups in total. The Hall–Kier alpha value is -0.830. The Kier molecular flexibility index (Phi) is 6.90. The van der Waals surface area contributed by atoms with Gasteiger partial charge in [-0.3, -0.25) is 4.79 Å². The van der Waals surface area contributed by atoms with E-state index in [1.807, 2.05) is 0 Å². The topological polar surface area (TPSA) is 49.3 Å². The number of amides is 1. The second-order valence-electron chi connectivity index (χ2n) is 13.1. The number of carbonyl (C=O) groups excluding carboxylic acids is 1. The number of nitrogens with one attached hydrogen (secondary N) is 1. The van der Waals surface area contributed by atoms with Crippen molar-refractivity contribution in [3.8, 4) is 0 Å². The van der Waals surface area contributed by atoms with Gasteiger partial charge < -0.3 is 10.4 Å². The number of hydrogen-bond acceptors (Lipinski definition) is 2. The van der Waals surface area contributed by atoms with Crippen LogP contribution in [0.1, 0.15) is 106 Å². The molecule has 0 radical (unpaired) electrons. The van der Waals surface area contributed by atoms with Gasteiger partial charge in [0, 0.05) is 6.92 Å². The minimum Gasteiger partial charge on any atom is -0.393 e. The van der Waals surface area contributed by atoms with E-state index >= 15 is 0 Å². The standard InChI is InChI=1S/C29H49NO2/c1-18(2)8-7-9-19(3)23-10-11-24-27-25(13-15-29(23,24)6)28(5)14-12-22(32)16-21(28)17-26(27)30-20(4)31/h17-19,22-27,32H,7-16H2,1-6H3,(H,30,31)/t19-,22+,23-,24+,25+,26-,27+,28+,29-/m1/s1. The van der Waals surface area contributed by atoms with Crippen LogP contribution < -0.4 is 5.32 Å². The van der Waals surface area contributed by atoms with Gasteiger partial charge in [0.2, 0.25) is 5.91 Å². The van der Waals surface area contributed by atoms with Gasteiger partial charge in [0.25, 0.3) is 0 Å². The molecule has 0 aromatic heterocycles. The molecule has 4 rings (SSSR count). The van der Waals surface area contributed by atoms with Gasteiger partial charge in [-0.2, -0.15) is 0 Å². The maximum absolute atomic E-state index is 12.2. The van der Waals surface area contributed by atoms with Crippen LogP contribution in [0.4, 0.5) is 0 Å². The van der Waals surface area contributed by atoms with Crippen molar-refractivity contribution in [3.05, 3.63) is 11.6 Å². The zero-order chi connectivity index (χ0) is 23.3. The average molecular weight is 444 g/mol. The smallest absolute Gasteiger partial charge is 0.217 e. The highest BCUT2D eigenvalue weighted by Crippen LogP contribution is 2.67. The van der Waals surface area contributed by atoms with Crippen LogP contribution in [0, 0.1) is 46.3 Å². The molecule has 0 spiro atoms. The van der Waals surface area contributed by atoms with E-state index in [1.165, 1.54) is 50.5 Å². The predicted octanol–water partition coefficient (Wildman–Crippen LogP) is 6.50. The summed E-state index contributed by atoms with van der Waals surface area (Å²) in [5, 5.41) is 13.8. The normalized spacial score (nSPS) is 44.3. The van der Waals surface area contributed by atoms with Gasteiger partial charge in [-0.25, -0.2) is 0 Å². The minimum atomic E-state index is -0.208. The van der Waals surface area contributed by atoms with Gasteiger partial charge in [-0.05, 0) is 91.3 Å². The van der Waals surface area contributed by atoms with E-state index in [1.54, 1.807) is 6.92 Å². The number of aliphatic hydroxyl groups is 1. The molecule has 3 saturated carbocycles. The third kappa shape index (κ3) is 4.21. The van der Waals surface area contributed by atoms with E-state index < -0.39 is 0 Å². The lowest BCUT2D eigenvalue weighted by molar-refractivity contribution is -0.122. The number of rotatable bonds is 6. The first-order valence-corrected chi connectivity index (χ1v) is 13.7. The second kappa shape index (κ2) is 9.08.